The Morgan fingerprint density at radius 2 is 1.91 bits per heavy atom. The van der Waals surface area contributed by atoms with Crippen LogP contribution < -0.4 is 15.6 Å². The molecule has 0 aliphatic heterocycles. The van der Waals surface area contributed by atoms with Gasteiger partial charge in [-0.3, -0.25) is 9.59 Å². The summed E-state index contributed by atoms with van der Waals surface area (Å²) >= 11 is 0. The lowest BCUT2D eigenvalue weighted by Crippen LogP contribution is -2.31. The molecule has 2 rings (SSSR count). The maximum Gasteiger partial charge on any atom is 0.344 e. The number of pyridine rings is 1. The van der Waals surface area contributed by atoms with Crippen LogP contribution in [0.1, 0.15) is 17.3 Å². The summed E-state index contributed by atoms with van der Waals surface area (Å²) in [5, 5.41) is 2.61. The highest BCUT2D eigenvalue weighted by atomic mass is 16.5. The van der Waals surface area contributed by atoms with E-state index in [4.69, 9.17) is 9.47 Å². The van der Waals surface area contributed by atoms with Crippen molar-refractivity contribution >= 4 is 17.6 Å². The Balaban J connectivity index is 2.04. The van der Waals surface area contributed by atoms with Crippen molar-refractivity contribution in [1.29, 1.82) is 0 Å². The van der Waals surface area contributed by atoms with Gasteiger partial charge in [0.15, 0.2) is 6.10 Å². The van der Waals surface area contributed by atoms with Crippen LogP contribution in [0.25, 0.3) is 0 Å². The van der Waals surface area contributed by atoms with Crippen molar-refractivity contribution in [3.05, 3.63) is 58.5 Å². The number of aromatic nitrogens is 1. The van der Waals surface area contributed by atoms with Gasteiger partial charge in [0, 0.05) is 6.20 Å². The molecule has 0 aliphatic rings. The molecule has 0 bridgehead atoms. The maximum atomic E-state index is 12.1. The lowest BCUT2D eigenvalue weighted by atomic mass is 10.2. The molecular weight excluding hydrogens is 300 g/mol. The standard InChI is InChI=1S/C16H16N2O5/c1-10(23-16(21)11-6-5-9-17-15(11)20)14(19)18-12-7-3-4-8-13(12)22-2/h3-10H,1-2H3,(H,17,20)(H,18,19)/t10-/m1/s1. The number of aromatic amines is 1. The first kappa shape index (κ1) is 16.3. The van der Waals surface area contributed by atoms with Gasteiger partial charge in [-0.15, -0.1) is 0 Å². The number of para-hydroxylation sites is 2. The summed E-state index contributed by atoms with van der Waals surface area (Å²) in [6, 6.07) is 9.67. The molecule has 1 aromatic heterocycles. The van der Waals surface area contributed by atoms with Crippen molar-refractivity contribution in [3.8, 4) is 5.75 Å². The molecule has 0 radical (unpaired) electrons. The molecule has 120 valence electrons. The van der Waals surface area contributed by atoms with E-state index in [1.165, 1.54) is 32.4 Å². The number of nitrogens with one attached hydrogen (secondary N) is 2. The number of ether oxygens (including phenoxy) is 2. The van der Waals surface area contributed by atoms with Gasteiger partial charge in [0.05, 0.1) is 12.8 Å². The number of carbonyl (C=O) groups is 2. The van der Waals surface area contributed by atoms with Gasteiger partial charge in [0.25, 0.3) is 11.5 Å². The fourth-order valence-electron chi connectivity index (χ4n) is 1.84. The minimum atomic E-state index is -1.08. The van der Waals surface area contributed by atoms with Gasteiger partial charge < -0.3 is 19.8 Å². The van der Waals surface area contributed by atoms with Crippen LogP contribution in [0.3, 0.4) is 0 Å². The summed E-state index contributed by atoms with van der Waals surface area (Å²) < 4.78 is 10.1. The molecule has 0 saturated heterocycles. The summed E-state index contributed by atoms with van der Waals surface area (Å²) in [6.45, 7) is 1.42. The Morgan fingerprint density at radius 1 is 1.17 bits per heavy atom. The zero-order chi connectivity index (χ0) is 16.8. The lowest BCUT2D eigenvalue weighted by Gasteiger charge is -2.14. The zero-order valence-corrected chi connectivity index (χ0v) is 12.7. The molecule has 23 heavy (non-hydrogen) atoms. The minimum Gasteiger partial charge on any atom is -0.495 e. The van der Waals surface area contributed by atoms with E-state index in [1.54, 1.807) is 24.3 Å². The van der Waals surface area contributed by atoms with Crippen LogP contribution in [0.15, 0.2) is 47.4 Å². The van der Waals surface area contributed by atoms with Crippen LogP contribution in [-0.2, 0) is 9.53 Å². The number of carbonyl (C=O) groups excluding carboxylic acids is 2. The number of rotatable bonds is 5. The summed E-state index contributed by atoms with van der Waals surface area (Å²) in [7, 11) is 1.48. The number of methoxy groups -OCH3 is 1. The summed E-state index contributed by atoms with van der Waals surface area (Å²) in [6.07, 6.45) is 0.323. The number of anilines is 1. The third-order valence-electron chi connectivity index (χ3n) is 3.06. The quantitative estimate of drug-likeness (QED) is 0.816. The monoisotopic (exact) mass is 316 g/mol. The Bertz CT molecular complexity index is 769. The van der Waals surface area contributed by atoms with Gasteiger partial charge in [-0.1, -0.05) is 12.1 Å². The third kappa shape index (κ3) is 3.97. The van der Waals surface area contributed by atoms with Crippen molar-refractivity contribution < 1.29 is 19.1 Å². The summed E-state index contributed by atoms with van der Waals surface area (Å²) in [4.78, 5) is 37.9. The highest BCUT2D eigenvalue weighted by molar-refractivity contribution is 5.98. The van der Waals surface area contributed by atoms with Crippen molar-refractivity contribution in [2.45, 2.75) is 13.0 Å². The van der Waals surface area contributed by atoms with Crippen LogP contribution in [0.5, 0.6) is 5.75 Å². The zero-order valence-electron chi connectivity index (χ0n) is 12.7. The number of hydrogen-bond donors (Lipinski definition) is 2. The van der Waals surface area contributed by atoms with Crippen molar-refractivity contribution in [3.63, 3.8) is 0 Å². The highest BCUT2D eigenvalue weighted by Crippen LogP contribution is 2.23. The van der Waals surface area contributed by atoms with Gasteiger partial charge >= 0.3 is 5.97 Å². The summed E-state index contributed by atoms with van der Waals surface area (Å²) in [5.41, 5.74) is -0.278. The van der Waals surface area contributed by atoms with E-state index >= 15 is 0 Å². The van der Waals surface area contributed by atoms with Crippen molar-refractivity contribution in [1.82, 2.24) is 4.98 Å². The van der Waals surface area contributed by atoms with E-state index in [2.05, 4.69) is 10.3 Å². The van der Waals surface area contributed by atoms with E-state index < -0.39 is 23.5 Å². The topological polar surface area (TPSA) is 97.5 Å². The van der Waals surface area contributed by atoms with E-state index in [-0.39, 0.29) is 5.56 Å². The van der Waals surface area contributed by atoms with Crippen LogP contribution in [0, 0.1) is 0 Å². The average Bonchev–Trinajstić information content (AvgIpc) is 2.55. The molecule has 0 spiro atoms. The Hall–Kier alpha value is -3.09. The highest BCUT2D eigenvalue weighted by Gasteiger charge is 2.21. The molecule has 0 aliphatic carbocycles. The average molecular weight is 316 g/mol. The lowest BCUT2D eigenvalue weighted by molar-refractivity contribution is -0.123. The number of H-pyrrole nitrogens is 1. The van der Waals surface area contributed by atoms with Crippen molar-refractivity contribution in [2.24, 2.45) is 0 Å². The molecule has 7 heteroatoms. The van der Waals surface area contributed by atoms with Gasteiger partial charge in [0.2, 0.25) is 0 Å². The van der Waals surface area contributed by atoms with Crippen LogP contribution in [-0.4, -0.2) is 30.1 Å². The van der Waals surface area contributed by atoms with Gasteiger partial charge in [-0.25, -0.2) is 4.79 Å². The predicted octanol–water partition coefficient (Wildman–Crippen LogP) is 1.57. The van der Waals surface area contributed by atoms with Crippen LogP contribution in [0.2, 0.25) is 0 Å². The maximum absolute atomic E-state index is 12.1. The van der Waals surface area contributed by atoms with Gasteiger partial charge in [-0.05, 0) is 31.2 Å². The molecule has 1 aromatic carbocycles. The number of esters is 1. The number of benzene rings is 1. The molecule has 0 unspecified atom stereocenters. The molecule has 2 N–H and O–H groups in total. The van der Waals surface area contributed by atoms with E-state index in [9.17, 15) is 14.4 Å². The fraction of sp³-hybridized carbons (Fsp3) is 0.188. The summed E-state index contributed by atoms with van der Waals surface area (Å²) in [5.74, 6) is -0.913. The predicted molar refractivity (Wildman–Crippen MR) is 83.6 cm³/mol. The first-order chi connectivity index (χ1) is 11.0. The Kier molecular flexibility index (Phi) is 5.14. The normalized spacial score (nSPS) is 11.4. The van der Waals surface area contributed by atoms with Gasteiger partial charge in [0.1, 0.15) is 11.3 Å². The van der Waals surface area contributed by atoms with Crippen LogP contribution >= 0.6 is 0 Å². The van der Waals surface area contributed by atoms with E-state index in [0.29, 0.717) is 11.4 Å². The number of hydrogen-bond acceptors (Lipinski definition) is 5. The SMILES string of the molecule is COc1ccccc1NC(=O)[C@@H](C)OC(=O)c1ccc[nH]c1=O. The fourth-order valence-corrected chi connectivity index (χ4v) is 1.84. The molecule has 1 heterocycles. The molecule has 2 aromatic rings. The first-order valence-corrected chi connectivity index (χ1v) is 6.85. The smallest absolute Gasteiger partial charge is 0.344 e. The molecule has 1 atom stereocenters. The second-order valence-corrected chi connectivity index (χ2v) is 4.65. The van der Waals surface area contributed by atoms with Crippen LogP contribution in [0.4, 0.5) is 5.69 Å². The number of amides is 1. The van der Waals surface area contributed by atoms with Gasteiger partial charge in [-0.2, -0.15) is 0 Å². The molecule has 0 saturated carbocycles. The largest absolute Gasteiger partial charge is 0.495 e. The first-order valence-electron chi connectivity index (χ1n) is 6.85. The third-order valence-corrected chi connectivity index (χ3v) is 3.06. The second-order valence-electron chi connectivity index (χ2n) is 4.65. The Morgan fingerprint density at radius 3 is 2.61 bits per heavy atom. The minimum absolute atomic E-state index is 0.163. The van der Waals surface area contributed by atoms with Crippen molar-refractivity contribution in [2.75, 3.05) is 12.4 Å². The molecular formula is C16H16N2O5. The molecule has 1 amide bonds. The molecule has 0 fully saturated rings. The Labute approximate surface area is 132 Å². The molecule has 7 nitrogen and oxygen atoms in total. The second kappa shape index (κ2) is 7.26. The van der Waals surface area contributed by atoms with E-state index in [0.717, 1.165) is 0 Å². The van der Waals surface area contributed by atoms with E-state index in [1.807, 2.05) is 0 Å².